The zero-order valence-electron chi connectivity index (χ0n) is 13.6. The Morgan fingerprint density at radius 3 is 2.65 bits per heavy atom. The zero-order chi connectivity index (χ0) is 17.9. The van der Waals surface area contributed by atoms with Gasteiger partial charge in [0.25, 0.3) is 0 Å². The third-order valence-electron chi connectivity index (χ3n) is 3.94. The number of hydrogen-bond acceptors (Lipinski definition) is 7. The van der Waals surface area contributed by atoms with Crippen molar-refractivity contribution in [2.45, 2.75) is 6.23 Å². The van der Waals surface area contributed by atoms with E-state index in [1.165, 1.54) is 0 Å². The van der Waals surface area contributed by atoms with Gasteiger partial charge in [0.1, 0.15) is 5.65 Å². The third kappa shape index (κ3) is 3.11. The largest absolute Gasteiger partial charge is 0.372 e. The molecule has 1 aromatic carbocycles. The number of rotatable bonds is 5. The van der Waals surface area contributed by atoms with Crippen molar-refractivity contribution in [3.63, 3.8) is 0 Å². The van der Waals surface area contributed by atoms with E-state index in [1.807, 2.05) is 34.9 Å². The fourth-order valence-electron chi connectivity index (χ4n) is 2.64. The maximum Gasteiger partial charge on any atom is 0.227 e. The fraction of sp³-hybridized carbons (Fsp3) is 0.0556. The van der Waals surface area contributed by atoms with Crippen molar-refractivity contribution in [1.82, 2.24) is 24.8 Å². The lowest BCUT2D eigenvalue weighted by Gasteiger charge is -2.10. The lowest BCUT2D eigenvalue weighted by atomic mass is 10.2. The lowest BCUT2D eigenvalue weighted by molar-refractivity contribution is 0.000710. The molecule has 4 rings (SSSR count). The molecule has 0 aliphatic rings. The van der Waals surface area contributed by atoms with E-state index < -0.39 is 6.23 Å². The summed E-state index contributed by atoms with van der Waals surface area (Å²) in [6, 6.07) is 14.5. The second-order valence-corrected chi connectivity index (χ2v) is 5.62. The van der Waals surface area contributed by atoms with E-state index in [0.717, 1.165) is 22.7 Å². The summed E-state index contributed by atoms with van der Waals surface area (Å²) in [5, 5.41) is 21.4. The Kier molecular flexibility index (Phi) is 4.28. The van der Waals surface area contributed by atoms with Gasteiger partial charge in [-0.05, 0) is 35.9 Å². The number of aliphatic hydroxyl groups is 1. The number of aliphatic hydroxyl groups excluding tert-OH is 1. The zero-order valence-corrected chi connectivity index (χ0v) is 13.6. The van der Waals surface area contributed by atoms with Gasteiger partial charge in [-0.1, -0.05) is 18.2 Å². The molecule has 3 aromatic heterocycles. The molecule has 0 saturated carbocycles. The van der Waals surface area contributed by atoms with Crippen LogP contribution < -0.4 is 10.8 Å². The molecule has 8 nitrogen and oxygen atoms in total. The minimum absolute atomic E-state index is 0.446. The van der Waals surface area contributed by atoms with Gasteiger partial charge in [-0.15, -0.1) is 0 Å². The van der Waals surface area contributed by atoms with E-state index in [-0.39, 0.29) is 0 Å². The van der Waals surface area contributed by atoms with Gasteiger partial charge in [0, 0.05) is 18.1 Å². The number of nitrogens with one attached hydrogen (secondary N) is 2. The van der Waals surface area contributed by atoms with Gasteiger partial charge in [0.15, 0.2) is 6.23 Å². The van der Waals surface area contributed by atoms with Crippen molar-refractivity contribution >= 4 is 17.3 Å². The van der Waals surface area contributed by atoms with Crippen molar-refractivity contribution in [2.24, 2.45) is 0 Å². The summed E-state index contributed by atoms with van der Waals surface area (Å²) < 4.78 is 1.96. The number of benzene rings is 1. The van der Waals surface area contributed by atoms with Gasteiger partial charge in [0.2, 0.25) is 5.95 Å². The molecule has 130 valence electrons. The van der Waals surface area contributed by atoms with Crippen LogP contribution in [0.3, 0.4) is 0 Å². The van der Waals surface area contributed by atoms with Gasteiger partial charge < -0.3 is 15.6 Å². The Morgan fingerprint density at radius 1 is 1.00 bits per heavy atom. The van der Waals surface area contributed by atoms with Crippen LogP contribution in [0.1, 0.15) is 11.8 Å². The molecule has 8 heteroatoms. The summed E-state index contributed by atoms with van der Waals surface area (Å²) in [6.07, 6.45) is 4.27. The van der Waals surface area contributed by atoms with E-state index in [2.05, 4.69) is 20.3 Å². The Labute approximate surface area is 148 Å². The van der Waals surface area contributed by atoms with Crippen molar-refractivity contribution in [1.29, 1.82) is 0 Å². The number of fused-ring (bicyclic) bond motifs is 1. The third-order valence-corrected chi connectivity index (χ3v) is 3.94. The summed E-state index contributed by atoms with van der Waals surface area (Å²) in [4.78, 5) is 13.2. The lowest BCUT2D eigenvalue weighted by Crippen LogP contribution is -2.15. The molecule has 0 bridgehead atoms. The van der Waals surface area contributed by atoms with Crippen molar-refractivity contribution in [3.05, 3.63) is 72.7 Å². The van der Waals surface area contributed by atoms with Crippen LogP contribution in [0.25, 0.3) is 17.0 Å². The van der Waals surface area contributed by atoms with E-state index in [0.29, 0.717) is 11.5 Å². The standard InChI is InChI=1S/C18H16N6O2/c25-17(23-26)12-4-6-13(7-5-12)21-18-19-9-8-14(22-18)15-11-20-16-3-1-2-10-24(15)16/h1-11,17,23,25-26H,(H,19,21,22). The van der Waals surface area contributed by atoms with Gasteiger partial charge in [-0.25, -0.2) is 15.0 Å². The van der Waals surface area contributed by atoms with Crippen LogP contribution in [-0.2, 0) is 0 Å². The Morgan fingerprint density at radius 2 is 1.85 bits per heavy atom. The van der Waals surface area contributed by atoms with Crippen LogP contribution in [-0.4, -0.2) is 29.7 Å². The normalized spacial score (nSPS) is 12.2. The molecule has 3 heterocycles. The van der Waals surface area contributed by atoms with Crippen LogP contribution in [0, 0.1) is 0 Å². The molecule has 0 aliphatic heterocycles. The van der Waals surface area contributed by atoms with Gasteiger partial charge >= 0.3 is 0 Å². The first-order chi connectivity index (χ1) is 12.7. The Balaban J connectivity index is 1.60. The van der Waals surface area contributed by atoms with Gasteiger partial charge in [0.05, 0.1) is 17.6 Å². The highest BCUT2D eigenvalue weighted by atomic mass is 16.5. The minimum atomic E-state index is -1.13. The average molecular weight is 348 g/mol. The number of imidazole rings is 1. The maximum absolute atomic E-state index is 9.52. The number of hydrogen-bond donors (Lipinski definition) is 4. The van der Waals surface area contributed by atoms with Crippen molar-refractivity contribution in [3.8, 4) is 11.4 Å². The van der Waals surface area contributed by atoms with Crippen LogP contribution >= 0.6 is 0 Å². The number of hydroxylamine groups is 1. The van der Waals surface area contributed by atoms with E-state index >= 15 is 0 Å². The van der Waals surface area contributed by atoms with Crippen molar-refractivity contribution in [2.75, 3.05) is 5.32 Å². The second kappa shape index (κ2) is 6.89. The minimum Gasteiger partial charge on any atom is -0.372 e. The maximum atomic E-state index is 9.52. The first-order valence-electron chi connectivity index (χ1n) is 7.95. The topological polar surface area (TPSA) is 108 Å². The van der Waals surface area contributed by atoms with E-state index in [9.17, 15) is 5.11 Å². The van der Waals surface area contributed by atoms with Crippen LogP contribution in [0.15, 0.2) is 67.1 Å². The molecule has 0 aliphatic carbocycles. The highest BCUT2D eigenvalue weighted by Crippen LogP contribution is 2.21. The summed E-state index contributed by atoms with van der Waals surface area (Å²) in [7, 11) is 0. The van der Waals surface area contributed by atoms with Crippen molar-refractivity contribution < 1.29 is 10.3 Å². The fourth-order valence-corrected chi connectivity index (χ4v) is 2.64. The molecule has 26 heavy (non-hydrogen) atoms. The molecular formula is C18H16N6O2. The highest BCUT2D eigenvalue weighted by molar-refractivity contribution is 5.62. The summed E-state index contributed by atoms with van der Waals surface area (Å²) in [5.41, 5.74) is 5.56. The summed E-state index contributed by atoms with van der Waals surface area (Å²) in [5.74, 6) is 0.446. The molecule has 0 amide bonds. The quantitative estimate of drug-likeness (QED) is 0.324. The van der Waals surface area contributed by atoms with Crippen LogP contribution in [0.4, 0.5) is 11.6 Å². The Hall–Kier alpha value is -3.33. The molecule has 0 fully saturated rings. The predicted molar refractivity (Wildman–Crippen MR) is 95.8 cm³/mol. The van der Waals surface area contributed by atoms with E-state index in [4.69, 9.17) is 5.21 Å². The molecule has 1 unspecified atom stereocenters. The molecular weight excluding hydrogens is 332 g/mol. The smallest absolute Gasteiger partial charge is 0.227 e. The number of nitrogens with zero attached hydrogens (tertiary/aromatic N) is 4. The monoisotopic (exact) mass is 348 g/mol. The second-order valence-electron chi connectivity index (χ2n) is 5.62. The molecule has 0 spiro atoms. The first-order valence-corrected chi connectivity index (χ1v) is 7.95. The molecule has 4 aromatic rings. The average Bonchev–Trinajstić information content (AvgIpc) is 3.12. The molecule has 0 radical (unpaired) electrons. The molecule has 0 saturated heterocycles. The molecule has 1 atom stereocenters. The number of anilines is 2. The summed E-state index contributed by atoms with van der Waals surface area (Å²) >= 11 is 0. The Bertz CT molecular complexity index is 1030. The SMILES string of the molecule is ONC(O)c1ccc(Nc2nccc(-c3cnc4ccccn34)n2)cc1. The first kappa shape index (κ1) is 16.2. The number of aromatic nitrogens is 4. The van der Waals surface area contributed by atoms with Gasteiger partial charge in [-0.3, -0.25) is 4.40 Å². The number of pyridine rings is 1. The highest BCUT2D eigenvalue weighted by Gasteiger charge is 2.09. The van der Waals surface area contributed by atoms with Gasteiger partial charge in [-0.2, -0.15) is 5.48 Å². The molecule has 4 N–H and O–H groups in total. The van der Waals surface area contributed by atoms with Crippen LogP contribution in [0.2, 0.25) is 0 Å². The van der Waals surface area contributed by atoms with Crippen LogP contribution in [0.5, 0.6) is 0 Å². The van der Waals surface area contributed by atoms with E-state index in [1.54, 1.807) is 42.1 Å². The predicted octanol–water partition coefficient (Wildman–Crippen LogP) is 2.50. The summed E-state index contributed by atoms with van der Waals surface area (Å²) in [6.45, 7) is 0.